The van der Waals surface area contributed by atoms with Gasteiger partial charge in [-0.05, 0) is 43.0 Å². The van der Waals surface area contributed by atoms with E-state index in [9.17, 15) is 13.2 Å². The van der Waals surface area contributed by atoms with Gasteiger partial charge in [0, 0.05) is 24.0 Å². The standard InChI is InChI=1S/C22H20F3N5/c1-14-6-5-11-29(13-14)20-17-9-2-3-10-18(17)30-21(26-20)19(27-28-30)15-7-4-8-16(12-15)22(23,24)25/h2-4,7-10,12,14H,5-6,11,13H2,1H3/t14-/m1/s1. The molecule has 0 amide bonds. The number of aromatic nitrogens is 4. The van der Waals surface area contributed by atoms with Gasteiger partial charge in [-0.3, -0.25) is 0 Å². The van der Waals surface area contributed by atoms with E-state index in [1.54, 1.807) is 10.6 Å². The van der Waals surface area contributed by atoms with E-state index in [1.165, 1.54) is 12.5 Å². The van der Waals surface area contributed by atoms with Crippen LogP contribution in [0.2, 0.25) is 0 Å². The minimum atomic E-state index is -4.42. The van der Waals surface area contributed by atoms with E-state index >= 15 is 0 Å². The molecule has 0 radical (unpaired) electrons. The van der Waals surface area contributed by atoms with E-state index < -0.39 is 11.7 Å². The number of alkyl halides is 3. The molecule has 1 atom stereocenters. The van der Waals surface area contributed by atoms with Crippen LogP contribution in [0.25, 0.3) is 27.8 Å². The fraction of sp³-hybridized carbons (Fsp3) is 0.318. The SMILES string of the molecule is C[C@@H]1CCCN(c2nc3c(-c4cccc(C(F)(F)F)c4)nnn3c3ccccc23)C1. The number of anilines is 1. The van der Waals surface area contributed by atoms with E-state index in [0.29, 0.717) is 22.8 Å². The van der Waals surface area contributed by atoms with Gasteiger partial charge in [-0.2, -0.15) is 17.7 Å². The van der Waals surface area contributed by atoms with Gasteiger partial charge in [-0.1, -0.05) is 36.4 Å². The Kier molecular flexibility index (Phi) is 4.38. The Labute approximate surface area is 171 Å². The second-order valence-corrected chi connectivity index (χ2v) is 7.90. The molecule has 0 saturated carbocycles. The fourth-order valence-electron chi connectivity index (χ4n) is 4.20. The zero-order chi connectivity index (χ0) is 20.9. The van der Waals surface area contributed by atoms with Gasteiger partial charge in [0.25, 0.3) is 0 Å². The van der Waals surface area contributed by atoms with Crippen molar-refractivity contribution in [2.45, 2.75) is 25.9 Å². The highest BCUT2D eigenvalue weighted by atomic mass is 19.4. The first-order valence-electron chi connectivity index (χ1n) is 9.98. The summed E-state index contributed by atoms with van der Waals surface area (Å²) in [7, 11) is 0. The molecular formula is C22H20F3N5. The summed E-state index contributed by atoms with van der Waals surface area (Å²) in [6.45, 7) is 4.02. The summed E-state index contributed by atoms with van der Waals surface area (Å²) >= 11 is 0. The Hall–Kier alpha value is -3.16. The van der Waals surface area contributed by atoms with Crippen LogP contribution in [0.3, 0.4) is 0 Å². The molecule has 30 heavy (non-hydrogen) atoms. The van der Waals surface area contributed by atoms with Crippen LogP contribution in [0.5, 0.6) is 0 Å². The van der Waals surface area contributed by atoms with Crippen molar-refractivity contribution >= 4 is 22.4 Å². The molecule has 3 heterocycles. The summed E-state index contributed by atoms with van der Waals surface area (Å²) in [6, 6.07) is 13.0. The molecule has 0 N–H and O–H groups in total. The van der Waals surface area contributed by atoms with Crippen LogP contribution in [-0.2, 0) is 6.18 Å². The molecule has 2 aromatic heterocycles. The van der Waals surface area contributed by atoms with E-state index in [0.717, 1.165) is 48.4 Å². The molecule has 5 rings (SSSR count). The number of hydrogen-bond donors (Lipinski definition) is 0. The van der Waals surface area contributed by atoms with E-state index in [1.807, 2.05) is 24.3 Å². The van der Waals surface area contributed by atoms with Gasteiger partial charge in [0.1, 0.15) is 11.5 Å². The van der Waals surface area contributed by atoms with Crippen LogP contribution in [0.15, 0.2) is 48.5 Å². The number of rotatable bonds is 2. The van der Waals surface area contributed by atoms with Gasteiger partial charge in [0.15, 0.2) is 5.65 Å². The summed E-state index contributed by atoms with van der Waals surface area (Å²) in [5, 5.41) is 9.38. The molecule has 4 aromatic rings. The maximum absolute atomic E-state index is 13.2. The number of halogens is 3. The number of benzene rings is 2. The minimum absolute atomic E-state index is 0.346. The normalized spacial score (nSPS) is 17.7. The zero-order valence-corrected chi connectivity index (χ0v) is 16.4. The van der Waals surface area contributed by atoms with Crippen molar-refractivity contribution in [2.24, 2.45) is 5.92 Å². The maximum Gasteiger partial charge on any atom is 0.416 e. The van der Waals surface area contributed by atoms with E-state index in [-0.39, 0.29) is 0 Å². The van der Waals surface area contributed by atoms with Crippen LogP contribution in [-0.4, -0.2) is 32.9 Å². The molecule has 0 aliphatic carbocycles. The Bertz CT molecular complexity index is 1230. The molecule has 1 aliphatic rings. The average Bonchev–Trinajstić information content (AvgIpc) is 3.17. The largest absolute Gasteiger partial charge is 0.416 e. The third-order valence-corrected chi connectivity index (χ3v) is 5.65. The van der Waals surface area contributed by atoms with Gasteiger partial charge in [0.05, 0.1) is 11.1 Å². The van der Waals surface area contributed by atoms with Gasteiger partial charge in [-0.15, -0.1) is 5.10 Å². The number of para-hydroxylation sites is 1. The predicted molar refractivity (Wildman–Crippen MR) is 109 cm³/mol. The molecule has 0 bridgehead atoms. The van der Waals surface area contributed by atoms with Crippen molar-refractivity contribution in [2.75, 3.05) is 18.0 Å². The van der Waals surface area contributed by atoms with Gasteiger partial charge < -0.3 is 4.90 Å². The predicted octanol–water partition coefficient (Wildman–Crippen LogP) is 5.20. The average molecular weight is 411 g/mol. The quantitative estimate of drug-likeness (QED) is 0.455. The summed E-state index contributed by atoms with van der Waals surface area (Å²) in [6.07, 6.45) is -2.16. The Balaban J connectivity index is 1.73. The highest BCUT2D eigenvalue weighted by Gasteiger charge is 2.31. The molecule has 1 aliphatic heterocycles. The molecule has 1 saturated heterocycles. The number of fused-ring (bicyclic) bond motifs is 3. The van der Waals surface area contributed by atoms with E-state index in [4.69, 9.17) is 4.98 Å². The Morgan fingerprint density at radius 3 is 2.70 bits per heavy atom. The fourth-order valence-corrected chi connectivity index (χ4v) is 4.20. The minimum Gasteiger partial charge on any atom is -0.356 e. The first kappa shape index (κ1) is 18.8. The maximum atomic E-state index is 13.2. The van der Waals surface area contributed by atoms with Crippen molar-refractivity contribution in [3.05, 3.63) is 54.1 Å². The molecule has 0 unspecified atom stereocenters. The zero-order valence-electron chi connectivity index (χ0n) is 16.4. The van der Waals surface area contributed by atoms with Crippen LogP contribution in [0, 0.1) is 5.92 Å². The third kappa shape index (κ3) is 3.16. The number of nitrogens with zero attached hydrogens (tertiary/aromatic N) is 5. The van der Waals surface area contributed by atoms with Gasteiger partial charge in [-0.25, -0.2) is 4.98 Å². The summed E-state index contributed by atoms with van der Waals surface area (Å²) in [4.78, 5) is 7.14. The second-order valence-electron chi connectivity index (χ2n) is 7.90. The van der Waals surface area contributed by atoms with Gasteiger partial charge in [0.2, 0.25) is 0 Å². The summed E-state index contributed by atoms with van der Waals surface area (Å²) in [5.41, 5.74) is 1.27. The molecule has 8 heteroatoms. The van der Waals surface area contributed by atoms with E-state index in [2.05, 4.69) is 22.1 Å². The lowest BCUT2D eigenvalue weighted by Crippen LogP contribution is -2.35. The third-order valence-electron chi connectivity index (χ3n) is 5.65. The lowest BCUT2D eigenvalue weighted by molar-refractivity contribution is -0.137. The molecule has 1 fully saturated rings. The lowest BCUT2D eigenvalue weighted by atomic mass is 10.00. The van der Waals surface area contributed by atoms with Crippen molar-refractivity contribution in [1.29, 1.82) is 0 Å². The van der Waals surface area contributed by atoms with Crippen LogP contribution in [0.1, 0.15) is 25.3 Å². The highest BCUT2D eigenvalue weighted by Crippen LogP contribution is 2.35. The first-order chi connectivity index (χ1) is 14.4. The first-order valence-corrected chi connectivity index (χ1v) is 9.98. The van der Waals surface area contributed by atoms with Gasteiger partial charge >= 0.3 is 6.18 Å². The van der Waals surface area contributed by atoms with Crippen molar-refractivity contribution in [3.63, 3.8) is 0 Å². The Morgan fingerprint density at radius 1 is 1.07 bits per heavy atom. The second kappa shape index (κ2) is 6.97. The monoisotopic (exact) mass is 411 g/mol. The molecule has 154 valence electrons. The topological polar surface area (TPSA) is 46.3 Å². The summed E-state index contributed by atoms with van der Waals surface area (Å²) < 4.78 is 41.2. The molecule has 5 nitrogen and oxygen atoms in total. The highest BCUT2D eigenvalue weighted by molar-refractivity contribution is 5.93. The Morgan fingerprint density at radius 2 is 1.90 bits per heavy atom. The number of piperidine rings is 1. The van der Waals surface area contributed by atoms with Crippen molar-refractivity contribution in [3.8, 4) is 11.3 Å². The summed E-state index contributed by atoms with van der Waals surface area (Å²) in [5.74, 6) is 1.39. The van der Waals surface area contributed by atoms with Crippen LogP contribution < -0.4 is 4.90 Å². The lowest BCUT2D eigenvalue weighted by Gasteiger charge is -2.32. The van der Waals surface area contributed by atoms with Crippen molar-refractivity contribution in [1.82, 2.24) is 19.8 Å². The van der Waals surface area contributed by atoms with Crippen molar-refractivity contribution < 1.29 is 13.2 Å². The van der Waals surface area contributed by atoms with Crippen LogP contribution >= 0.6 is 0 Å². The van der Waals surface area contributed by atoms with Crippen LogP contribution in [0.4, 0.5) is 19.0 Å². The molecular weight excluding hydrogens is 391 g/mol. The molecule has 2 aromatic carbocycles. The number of hydrogen-bond acceptors (Lipinski definition) is 4. The molecule has 0 spiro atoms. The smallest absolute Gasteiger partial charge is 0.356 e.